The Labute approximate surface area is 245 Å². The van der Waals surface area contributed by atoms with Crippen LogP contribution in [0.4, 0.5) is 0 Å². The fraction of sp³-hybridized carbons (Fsp3) is 0.0769. The summed E-state index contributed by atoms with van der Waals surface area (Å²) >= 11 is 0. The van der Waals surface area contributed by atoms with E-state index >= 15 is 0 Å². The third kappa shape index (κ3) is 4.22. The number of methoxy groups -OCH3 is 3. The van der Waals surface area contributed by atoms with Crippen LogP contribution in [-0.2, 0) is 0 Å². The van der Waals surface area contributed by atoms with Crippen molar-refractivity contribution >= 4 is 55.2 Å². The second-order valence-electron chi connectivity index (χ2n) is 10.4. The molecule has 0 saturated carbocycles. The van der Waals surface area contributed by atoms with E-state index in [1.54, 1.807) is 21.3 Å². The minimum Gasteiger partial charge on any atom is -0.497 e. The summed E-state index contributed by atoms with van der Waals surface area (Å²) in [6.45, 7) is 0. The molecule has 0 aliphatic carbocycles. The van der Waals surface area contributed by atoms with Crippen LogP contribution < -0.4 is 14.2 Å². The molecule has 0 unspecified atom stereocenters. The van der Waals surface area contributed by atoms with Gasteiger partial charge < -0.3 is 14.2 Å². The maximum atomic E-state index is 6.29. The largest absolute Gasteiger partial charge is 0.497 e. The lowest BCUT2D eigenvalue weighted by molar-refractivity contribution is 0.413. The van der Waals surface area contributed by atoms with Gasteiger partial charge in [-0.25, -0.2) is 0 Å². The molecule has 0 aliphatic heterocycles. The highest BCUT2D eigenvalue weighted by molar-refractivity contribution is 6.27. The zero-order chi connectivity index (χ0) is 28.6. The molecule has 3 nitrogen and oxygen atoms in total. The van der Waals surface area contributed by atoms with Gasteiger partial charge in [0.15, 0.2) is 0 Å². The van der Waals surface area contributed by atoms with Gasteiger partial charge >= 0.3 is 0 Å². The highest BCUT2D eigenvalue weighted by atomic mass is 16.5. The molecular weight excluding hydrogens is 516 g/mol. The standard InChI is InChI=1S/C39H30O3/c1-40-29-20-15-25(16-21-29)12-13-26-14-17-28-18-22-33-36(34(28)24-26)31-10-6-7-11-32(31)38(39(33)42-3)37-30-9-5-4-8-27(30)19-23-35(37)41-2/h4-24H,1-3H3. The van der Waals surface area contributed by atoms with Crippen LogP contribution in [0, 0.1) is 0 Å². The third-order valence-electron chi connectivity index (χ3n) is 8.13. The summed E-state index contributed by atoms with van der Waals surface area (Å²) in [5, 5.41) is 9.23. The van der Waals surface area contributed by atoms with Gasteiger partial charge in [0, 0.05) is 21.9 Å². The third-order valence-corrected chi connectivity index (χ3v) is 8.13. The van der Waals surface area contributed by atoms with Crippen LogP contribution in [0.5, 0.6) is 17.2 Å². The molecular formula is C39H30O3. The lowest BCUT2D eigenvalue weighted by Crippen LogP contribution is -1.96. The molecule has 204 valence electrons. The number of rotatable bonds is 6. The Morgan fingerprint density at radius 2 is 1.10 bits per heavy atom. The van der Waals surface area contributed by atoms with Crippen molar-refractivity contribution in [3.63, 3.8) is 0 Å². The van der Waals surface area contributed by atoms with Crippen molar-refractivity contribution in [3.8, 4) is 28.4 Å². The summed E-state index contributed by atoms with van der Waals surface area (Å²) in [6.07, 6.45) is 4.30. The minimum atomic E-state index is 0.822. The molecule has 0 aliphatic rings. The van der Waals surface area contributed by atoms with Gasteiger partial charge in [0.2, 0.25) is 0 Å². The summed E-state index contributed by atoms with van der Waals surface area (Å²) in [4.78, 5) is 0. The lowest BCUT2D eigenvalue weighted by atomic mass is 9.87. The predicted molar refractivity (Wildman–Crippen MR) is 177 cm³/mol. The smallest absolute Gasteiger partial charge is 0.135 e. The molecule has 0 spiro atoms. The zero-order valence-corrected chi connectivity index (χ0v) is 23.8. The van der Waals surface area contributed by atoms with E-state index in [0.29, 0.717) is 0 Å². The Kier molecular flexibility index (Phi) is 6.48. The van der Waals surface area contributed by atoms with Gasteiger partial charge in [0.1, 0.15) is 17.2 Å². The first kappa shape index (κ1) is 25.7. The first-order valence-corrected chi connectivity index (χ1v) is 14.0. The molecule has 0 amide bonds. The minimum absolute atomic E-state index is 0.822. The second-order valence-corrected chi connectivity index (χ2v) is 10.4. The highest BCUT2D eigenvalue weighted by Gasteiger charge is 2.22. The maximum absolute atomic E-state index is 6.29. The number of fused-ring (bicyclic) bond motifs is 6. The Balaban J connectivity index is 1.52. The SMILES string of the molecule is COc1ccc(C=Cc2ccc3ccc4c(OC)c(-c5c(OC)ccc6ccccc56)c5ccccc5c4c3c2)cc1. The molecule has 0 radical (unpaired) electrons. The number of benzene rings is 7. The fourth-order valence-electron chi connectivity index (χ4n) is 6.14. The normalized spacial score (nSPS) is 11.6. The van der Waals surface area contributed by atoms with Gasteiger partial charge in [-0.1, -0.05) is 97.1 Å². The van der Waals surface area contributed by atoms with Crippen molar-refractivity contribution in [2.75, 3.05) is 21.3 Å². The monoisotopic (exact) mass is 546 g/mol. The van der Waals surface area contributed by atoms with Gasteiger partial charge in [0.05, 0.1) is 21.3 Å². The number of ether oxygens (including phenoxy) is 3. The van der Waals surface area contributed by atoms with Gasteiger partial charge in [0.25, 0.3) is 0 Å². The Morgan fingerprint density at radius 1 is 0.452 bits per heavy atom. The molecule has 42 heavy (non-hydrogen) atoms. The van der Waals surface area contributed by atoms with Gasteiger partial charge in [-0.15, -0.1) is 0 Å². The first-order valence-electron chi connectivity index (χ1n) is 14.0. The summed E-state index contributed by atoms with van der Waals surface area (Å²) in [7, 11) is 5.19. The molecule has 0 aromatic heterocycles. The average Bonchev–Trinajstić information content (AvgIpc) is 3.06. The van der Waals surface area contributed by atoms with Crippen molar-refractivity contribution in [1.29, 1.82) is 0 Å². The van der Waals surface area contributed by atoms with Gasteiger partial charge in [-0.3, -0.25) is 0 Å². The molecule has 0 saturated heterocycles. The van der Waals surface area contributed by atoms with Crippen LogP contribution in [0.3, 0.4) is 0 Å². The number of hydrogen-bond acceptors (Lipinski definition) is 3. The summed E-state index contributed by atoms with van der Waals surface area (Å²) in [5.41, 5.74) is 4.34. The number of hydrogen-bond donors (Lipinski definition) is 0. The highest BCUT2D eigenvalue weighted by Crippen LogP contribution is 2.50. The fourth-order valence-corrected chi connectivity index (χ4v) is 6.14. The van der Waals surface area contributed by atoms with Crippen molar-refractivity contribution in [2.45, 2.75) is 0 Å². The average molecular weight is 547 g/mol. The van der Waals surface area contributed by atoms with Crippen LogP contribution in [0.25, 0.3) is 66.4 Å². The van der Waals surface area contributed by atoms with E-state index in [9.17, 15) is 0 Å². The van der Waals surface area contributed by atoms with Crippen molar-refractivity contribution in [1.82, 2.24) is 0 Å². The van der Waals surface area contributed by atoms with Crippen LogP contribution in [0.15, 0.2) is 115 Å². The summed E-state index contributed by atoms with van der Waals surface area (Å²) < 4.78 is 17.6. The molecule has 0 bridgehead atoms. The first-order chi connectivity index (χ1) is 20.7. The Morgan fingerprint density at radius 3 is 1.86 bits per heavy atom. The Hall–Kier alpha value is -5.28. The van der Waals surface area contributed by atoms with Gasteiger partial charge in [-0.2, -0.15) is 0 Å². The summed E-state index contributed by atoms with van der Waals surface area (Å²) in [5.74, 6) is 2.52. The van der Waals surface area contributed by atoms with E-state index in [4.69, 9.17) is 14.2 Å². The summed E-state index contributed by atoms with van der Waals surface area (Å²) in [6, 6.07) is 40.4. The molecule has 0 atom stereocenters. The topological polar surface area (TPSA) is 27.7 Å². The van der Waals surface area contributed by atoms with E-state index in [1.807, 2.05) is 12.1 Å². The molecule has 0 N–H and O–H groups in total. The predicted octanol–water partition coefficient (Wildman–Crippen LogP) is 10.2. The zero-order valence-electron chi connectivity index (χ0n) is 23.8. The quantitative estimate of drug-likeness (QED) is 0.153. The molecule has 0 fully saturated rings. The van der Waals surface area contributed by atoms with E-state index in [-0.39, 0.29) is 0 Å². The van der Waals surface area contributed by atoms with Crippen LogP contribution >= 0.6 is 0 Å². The Bertz CT molecular complexity index is 2140. The van der Waals surface area contributed by atoms with Crippen molar-refractivity contribution < 1.29 is 14.2 Å². The molecule has 7 aromatic rings. The molecule has 7 aromatic carbocycles. The van der Waals surface area contributed by atoms with E-state index in [1.165, 1.54) is 21.5 Å². The van der Waals surface area contributed by atoms with Crippen LogP contribution in [-0.4, -0.2) is 21.3 Å². The molecule has 3 heteroatoms. The maximum Gasteiger partial charge on any atom is 0.135 e. The van der Waals surface area contributed by atoms with Crippen molar-refractivity contribution in [2.24, 2.45) is 0 Å². The van der Waals surface area contributed by atoms with Gasteiger partial charge in [-0.05, 0) is 73.8 Å². The second kappa shape index (κ2) is 10.6. The molecule has 0 heterocycles. The van der Waals surface area contributed by atoms with E-state index < -0.39 is 0 Å². The lowest BCUT2D eigenvalue weighted by Gasteiger charge is -2.21. The molecule has 7 rings (SSSR count). The van der Waals surface area contributed by atoms with Crippen molar-refractivity contribution in [3.05, 3.63) is 126 Å². The van der Waals surface area contributed by atoms with Crippen LogP contribution in [0.1, 0.15) is 11.1 Å². The van der Waals surface area contributed by atoms with E-state index in [2.05, 4.69) is 115 Å². The van der Waals surface area contributed by atoms with E-state index in [0.717, 1.165) is 61.0 Å². The van der Waals surface area contributed by atoms with Crippen LogP contribution in [0.2, 0.25) is 0 Å².